The first-order valence-corrected chi connectivity index (χ1v) is 8.06. The van der Waals surface area contributed by atoms with Gasteiger partial charge in [-0.2, -0.15) is 0 Å². The quantitative estimate of drug-likeness (QED) is 0.714. The van der Waals surface area contributed by atoms with Crippen LogP contribution in [0.2, 0.25) is 0 Å². The molecule has 0 bridgehead atoms. The summed E-state index contributed by atoms with van der Waals surface area (Å²) in [6, 6.07) is 15.3. The smallest absolute Gasteiger partial charge is 0.0400 e. The summed E-state index contributed by atoms with van der Waals surface area (Å²) in [5.74, 6) is 0. The van der Waals surface area contributed by atoms with Crippen molar-refractivity contribution in [2.24, 2.45) is 0 Å². The Morgan fingerprint density at radius 2 is 1.70 bits per heavy atom. The van der Waals surface area contributed by atoms with E-state index in [2.05, 4.69) is 77.6 Å². The molecule has 0 unspecified atom stereocenters. The fraction of sp³-hybridized carbons (Fsp3) is 0.333. The van der Waals surface area contributed by atoms with Crippen molar-refractivity contribution >= 4 is 21.6 Å². The van der Waals surface area contributed by atoms with Crippen LogP contribution in [-0.4, -0.2) is 0 Å². The first kappa shape index (κ1) is 15.1. The Hall–Kier alpha value is -1.28. The van der Waals surface area contributed by atoms with Crippen molar-refractivity contribution in [3.05, 3.63) is 63.6 Å². The lowest BCUT2D eigenvalue weighted by molar-refractivity contribution is 0.795. The van der Waals surface area contributed by atoms with Crippen LogP contribution in [0.15, 0.2) is 46.9 Å². The SMILES string of the molecule is CCCCc1ccc(NCc2ccc(Br)c(C)c2)cc1. The van der Waals surface area contributed by atoms with Crippen molar-refractivity contribution in [3.63, 3.8) is 0 Å². The summed E-state index contributed by atoms with van der Waals surface area (Å²) in [6.07, 6.45) is 3.70. The predicted molar refractivity (Wildman–Crippen MR) is 91.3 cm³/mol. The number of nitrogens with one attached hydrogen (secondary N) is 1. The molecule has 0 aliphatic rings. The van der Waals surface area contributed by atoms with E-state index in [0.29, 0.717) is 0 Å². The highest BCUT2D eigenvalue weighted by Crippen LogP contribution is 2.18. The van der Waals surface area contributed by atoms with Gasteiger partial charge < -0.3 is 5.32 Å². The number of unbranched alkanes of at least 4 members (excludes halogenated alkanes) is 1. The molecule has 0 spiro atoms. The fourth-order valence-electron chi connectivity index (χ4n) is 2.19. The minimum Gasteiger partial charge on any atom is -0.381 e. The molecule has 0 saturated heterocycles. The van der Waals surface area contributed by atoms with E-state index in [4.69, 9.17) is 0 Å². The maximum absolute atomic E-state index is 3.53. The lowest BCUT2D eigenvalue weighted by Crippen LogP contribution is -1.99. The molecule has 0 amide bonds. The molecule has 1 nitrogen and oxygen atoms in total. The molecule has 2 heteroatoms. The Kier molecular flexibility index (Phi) is 5.66. The fourth-order valence-corrected chi connectivity index (χ4v) is 2.44. The summed E-state index contributed by atoms with van der Waals surface area (Å²) in [5.41, 5.74) is 5.20. The second-order valence-corrected chi connectivity index (χ2v) is 6.09. The number of hydrogen-bond acceptors (Lipinski definition) is 1. The van der Waals surface area contributed by atoms with Crippen LogP contribution < -0.4 is 5.32 Å². The van der Waals surface area contributed by atoms with E-state index in [1.165, 1.54) is 46.1 Å². The number of benzene rings is 2. The van der Waals surface area contributed by atoms with Crippen LogP contribution >= 0.6 is 15.9 Å². The van der Waals surface area contributed by atoms with Gasteiger partial charge in [0.2, 0.25) is 0 Å². The van der Waals surface area contributed by atoms with Gasteiger partial charge in [-0.05, 0) is 54.7 Å². The molecule has 0 heterocycles. The molecular weight excluding hydrogens is 310 g/mol. The molecule has 0 atom stereocenters. The summed E-state index contributed by atoms with van der Waals surface area (Å²) in [7, 11) is 0. The lowest BCUT2D eigenvalue weighted by atomic mass is 10.1. The van der Waals surface area contributed by atoms with Gasteiger partial charge in [0.15, 0.2) is 0 Å². The highest BCUT2D eigenvalue weighted by molar-refractivity contribution is 9.10. The van der Waals surface area contributed by atoms with Crippen LogP contribution in [0.3, 0.4) is 0 Å². The minimum atomic E-state index is 0.864. The van der Waals surface area contributed by atoms with E-state index >= 15 is 0 Å². The minimum absolute atomic E-state index is 0.864. The van der Waals surface area contributed by atoms with Gasteiger partial charge in [-0.15, -0.1) is 0 Å². The van der Waals surface area contributed by atoms with Gasteiger partial charge >= 0.3 is 0 Å². The van der Waals surface area contributed by atoms with Gasteiger partial charge in [0.1, 0.15) is 0 Å². The van der Waals surface area contributed by atoms with Gasteiger partial charge in [0.25, 0.3) is 0 Å². The van der Waals surface area contributed by atoms with E-state index in [9.17, 15) is 0 Å². The van der Waals surface area contributed by atoms with Crippen molar-refractivity contribution in [3.8, 4) is 0 Å². The summed E-state index contributed by atoms with van der Waals surface area (Å²) < 4.78 is 1.17. The molecule has 0 saturated carbocycles. The van der Waals surface area contributed by atoms with Gasteiger partial charge in [-0.1, -0.05) is 53.5 Å². The number of rotatable bonds is 6. The van der Waals surface area contributed by atoms with Crippen LogP contribution in [-0.2, 0) is 13.0 Å². The highest BCUT2D eigenvalue weighted by Gasteiger charge is 1.98. The van der Waals surface area contributed by atoms with E-state index in [-0.39, 0.29) is 0 Å². The zero-order valence-corrected chi connectivity index (χ0v) is 13.8. The molecule has 2 aromatic carbocycles. The molecule has 20 heavy (non-hydrogen) atoms. The Morgan fingerprint density at radius 1 is 1.00 bits per heavy atom. The second kappa shape index (κ2) is 7.49. The third-order valence-corrected chi connectivity index (χ3v) is 4.38. The zero-order chi connectivity index (χ0) is 14.4. The molecule has 0 fully saturated rings. The third kappa shape index (κ3) is 4.38. The molecular formula is C18H22BrN. The Morgan fingerprint density at radius 3 is 2.35 bits per heavy atom. The third-order valence-electron chi connectivity index (χ3n) is 3.49. The van der Waals surface area contributed by atoms with Crippen LogP contribution in [0.4, 0.5) is 5.69 Å². The Labute approximate surface area is 130 Å². The van der Waals surface area contributed by atoms with Crippen molar-refractivity contribution < 1.29 is 0 Å². The van der Waals surface area contributed by atoms with Crippen molar-refractivity contribution in [2.45, 2.75) is 39.7 Å². The van der Waals surface area contributed by atoms with Crippen LogP contribution in [0.1, 0.15) is 36.5 Å². The molecule has 0 radical (unpaired) electrons. The van der Waals surface area contributed by atoms with Crippen LogP contribution in [0.5, 0.6) is 0 Å². The van der Waals surface area contributed by atoms with E-state index in [1.54, 1.807) is 0 Å². The lowest BCUT2D eigenvalue weighted by Gasteiger charge is -2.09. The monoisotopic (exact) mass is 331 g/mol. The number of halogens is 1. The first-order valence-electron chi connectivity index (χ1n) is 7.27. The number of anilines is 1. The summed E-state index contributed by atoms with van der Waals surface area (Å²) in [5, 5.41) is 3.48. The average molecular weight is 332 g/mol. The summed E-state index contributed by atoms with van der Waals surface area (Å²) in [4.78, 5) is 0. The first-order chi connectivity index (χ1) is 9.69. The largest absolute Gasteiger partial charge is 0.381 e. The van der Waals surface area contributed by atoms with Crippen molar-refractivity contribution in [1.82, 2.24) is 0 Å². The van der Waals surface area contributed by atoms with Crippen molar-refractivity contribution in [1.29, 1.82) is 0 Å². The molecule has 2 rings (SSSR count). The predicted octanol–water partition coefficient (Wildman–Crippen LogP) is 5.71. The standard InChI is InChI=1S/C18H22BrN/c1-3-4-5-15-6-9-17(10-7-15)20-13-16-8-11-18(19)14(2)12-16/h6-12,20H,3-5,13H2,1-2H3. The Balaban J connectivity index is 1.91. The maximum atomic E-state index is 3.53. The van der Waals surface area contributed by atoms with Crippen LogP contribution in [0.25, 0.3) is 0 Å². The highest BCUT2D eigenvalue weighted by atomic mass is 79.9. The Bertz CT molecular complexity index is 546. The molecule has 0 aliphatic heterocycles. The summed E-state index contributed by atoms with van der Waals surface area (Å²) >= 11 is 3.53. The van der Waals surface area contributed by atoms with Gasteiger partial charge in [-0.25, -0.2) is 0 Å². The molecule has 2 aromatic rings. The van der Waals surface area contributed by atoms with Crippen molar-refractivity contribution in [2.75, 3.05) is 5.32 Å². The normalized spacial score (nSPS) is 10.6. The average Bonchev–Trinajstić information content (AvgIpc) is 2.47. The molecule has 106 valence electrons. The van der Waals surface area contributed by atoms with Gasteiger partial charge in [0, 0.05) is 16.7 Å². The zero-order valence-electron chi connectivity index (χ0n) is 12.2. The van der Waals surface area contributed by atoms with E-state index in [0.717, 1.165) is 6.54 Å². The topological polar surface area (TPSA) is 12.0 Å². The van der Waals surface area contributed by atoms with E-state index in [1.807, 2.05) is 0 Å². The summed E-state index contributed by atoms with van der Waals surface area (Å²) in [6.45, 7) is 5.22. The van der Waals surface area contributed by atoms with Gasteiger partial charge in [-0.3, -0.25) is 0 Å². The number of hydrogen-bond donors (Lipinski definition) is 1. The second-order valence-electron chi connectivity index (χ2n) is 5.24. The molecule has 0 aromatic heterocycles. The molecule has 0 aliphatic carbocycles. The van der Waals surface area contributed by atoms with Crippen LogP contribution in [0, 0.1) is 6.92 Å². The maximum Gasteiger partial charge on any atom is 0.0400 e. The molecule has 1 N–H and O–H groups in total. The number of aryl methyl sites for hydroxylation is 2. The van der Waals surface area contributed by atoms with Gasteiger partial charge in [0.05, 0.1) is 0 Å². The van der Waals surface area contributed by atoms with E-state index < -0.39 is 0 Å².